The molecule has 0 saturated carbocycles. The van der Waals surface area contributed by atoms with Gasteiger partial charge in [-0.25, -0.2) is 12.8 Å². The van der Waals surface area contributed by atoms with Crippen molar-refractivity contribution in [3.63, 3.8) is 0 Å². The number of likely N-dealkylation sites (N-methyl/N-ethyl adjacent to an activating group) is 1. The summed E-state index contributed by atoms with van der Waals surface area (Å²) in [5, 5.41) is 3.08. The number of halogens is 1. The molecule has 2 saturated heterocycles. The van der Waals surface area contributed by atoms with E-state index in [2.05, 4.69) is 10.2 Å². The zero-order valence-electron chi connectivity index (χ0n) is 20.0. The Kier molecular flexibility index (Phi) is 7.53. The van der Waals surface area contributed by atoms with Gasteiger partial charge >= 0.3 is 0 Å². The molecule has 2 aromatic carbocycles. The number of nitrogens with one attached hydrogen (secondary N) is 1. The first kappa shape index (κ1) is 25.3. The summed E-state index contributed by atoms with van der Waals surface area (Å²) in [5.41, 5.74) is 0.976. The summed E-state index contributed by atoms with van der Waals surface area (Å²) in [7, 11) is -1.47. The van der Waals surface area contributed by atoms with Gasteiger partial charge in [0.25, 0.3) is 0 Å². The van der Waals surface area contributed by atoms with Gasteiger partial charge in [0.15, 0.2) is 9.84 Å². The van der Waals surface area contributed by atoms with E-state index in [1.54, 1.807) is 29.2 Å². The molecular weight excluding hydrogens is 471 g/mol. The van der Waals surface area contributed by atoms with E-state index in [0.717, 1.165) is 19.3 Å². The molecule has 0 spiro atoms. The van der Waals surface area contributed by atoms with Crippen LogP contribution in [0.15, 0.2) is 47.4 Å². The molecule has 0 aromatic heterocycles. The lowest BCUT2D eigenvalue weighted by molar-refractivity contribution is -0.132. The Morgan fingerprint density at radius 3 is 2.49 bits per heavy atom. The van der Waals surface area contributed by atoms with E-state index in [4.69, 9.17) is 0 Å². The van der Waals surface area contributed by atoms with E-state index in [0.29, 0.717) is 43.6 Å². The number of anilines is 1. The molecule has 2 aliphatic rings. The normalized spacial score (nSPS) is 19.7. The average molecular weight is 503 g/mol. The quantitative estimate of drug-likeness (QED) is 0.648. The van der Waals surface area contributed by atoms with Gasteiger partial charge in [0.2, 0.25) is 11.8 Å². The Bertz CT molecular complexity index is 1210. The second-order valence-corrected chi connectivity index (χ2v) is 11.2. The molecule has 1 unspecified atom stereocenters. The Balaban J connectivity index is 1.47. The van der Waals surface area contributed by atoms with Gasteiger partial charge in [-0.2, -0.15) is 0 Å². The molecule has 35 heavy (non-hydrogen) atoms. The maximum atomic E-state index is 15.2. The highest BCUT2D eigenvalue weighted by atomic mass is 32.2. The molecule has 2 aliphatic heterocycles. The van der Waals surface area contributed by atoms with Gasteiger partial charge in [-0.15, -0.1) is 0 Å². The predicted octanol–water partition coefficient (Wildman–Crippen LogP) is 1.76. The summed E-state index contributed by atoms with van der Waals surface area (Å²) >= 11 is 0. The number of hydrogen-bond donors (Lipinski definition) is 1. The molecule has 2 amide bonds. The number of hydrogen-bond acceptors (Lipinski definition) is 6. The third-order valence-corrected chi connectivity index (χ3v) is 7.79. The van der Waals surface area contributed by atoms with Gasteiger partial charge in [0.1, 0.15) is 5.82 Å². The highest BCUT2D eigenvalue weighted by molar-refractivity contribution is 7.90. The number of carbonyl (C=O) groups is 2. The molecule has 1 N–H and O–H groups in total. The minimum atomic E-state index is -3.49. The number of amides is 2. The van der Waals surface area contributed by atoms with Gasteiger partial charge in [-0.3, -0.25) is 14.9 Å². The summed E-state index contributed by atoms with van der Waals surface area (Å²) in [6.07, 6.45) is 2.36. The highest BCUT2D eigenvalue weighted by Crippen LogP contribution is 2.32. The zero-order chi connectivity index (χ0) is 25.2. The summed E-state index contributed by atoms with van der Waals surface area (Å²) in [4.78, 5) is 31.2. The SMILES string of the molecule is CN1CCN(C(=O)CNC2CCCN(c3ccc(-c4ccccc4S(C)(=O)=O)cc3F)C2=O)CC1. The molecule has 0 radical (unpaired) electrons. The summed E-state index contributed by atoms with van der Waals surface area (Å²) in [5.74, 6) is -0.915. The van der Waals surface area contributed by atoms with Crippen molar-refractivity contribution >= 4 is 27.3 Å². The van der Waals surface area contributed by atoms with Crippen LogP contribution in [0.4, 0.5) is 10.1 Å². The molecule has 10 heteroatoms. The van der Waals surface area contributed by atoms with Gasteiger partial charge in [0, 0.05) is 44.5 Å². The second kappa shape index (κ2) is 10.4. The number of piperidine rings is 1. The molecule has 2 fully saturated rings. The topological polar surface area (TPSA) is 90.0 Å². The van der Waals surface area contributed by atoms with Crippen molar-refractivity contribution in [2.24, 2.45) is 0 Å². The third-order valence-electron chi connectivity index (χ3n) is 6.63. The average Bonchev–Trinajstić information content (AvgIpc) is 2.83. The lowest BCUT2D eigenvalue weighted by atomic mass is 10.0. The predicted molar refractivity (Wildman–Crippen MR) is 132 cm³/mol. The number of rotatable bonds is 6. The standard InChI is InChI=1S/C25H31FN4O4S/c1-28-12-14-29(15-13-28)24(31)17-27-21-7-5-11-30(25(21)32)22-10-9-18(16-20(22)26)19-6-3-4-8-23(19)35(2,33)34/h3-4,6,8-10,16,21,27H,5,7,11-15,17H2,1-2H3. The first-order valence-corrected chi connectivity index (χ1v) is 13.6. The van der Waals surface area contributed by atoms with E-state index < -0.39 is 21.7 Å². The van der Waals surface area contributed by atoms with E-state index in [9.17, 15) is 18.0 Å². The van der Waals surface area contributed by atoms with E-state index in [1.165, 1.54) is 23.1 Å². The van der Waals surface area contributed by atoms with Crippen LogP contribution in [0, 0.1) is 5.82 Å². The van der Waals surface area contributed by atoms with Crippen LogP contribution >= 0.6 is 0 Å². The number of nitrogens with zero attached hydrogens (tertiary/aromatic N) is 3. The van der Waals surface area contributed by atoms with Crippen molar-refractivity contribution in [3.8, 4) is 11.1 Å². The zero-order valence-corrected chi connectivity index (χ0v) is 20.9. The van der Waals surface area contributed by atoms with Crippen molar-refractivity contribution in [1.82, 2.24) is 15.1 Å². The third kappa shape index (κ3) is 5.71. The lowest BCUT2D eigenvalue weighted by Gasteiger charge is -2.35. The fourth-order valence-electron chi connectivity index (χ4n) is 4.60. The largest absolute Gasteiger partial charge is 0.339 e. The van der Waals surface area contributed by atoms with Crippen molar-refractivity contribution in [3.05, 3.63) is 48.3 Å². The van der Waals surface area contributed by atoms with Crippen molar-refractivity contribution < 1.29 is 22.4 Å². The van der Waals surface area contributed by atoms with E-state index in [1.807, 2.05) is 7.05 Å². The Morgan fingerprint density at radius 1 is 1.09 bits per heavy atom. The second-order valence-electron chi connectivity index (χ2n) is 9.18. The molecule has 4 rings (SSSR count). The molecule has 1 atom stereocenters. The minimum absolute atomic E-state index is 0.0388. The monoisotopic (exact) mass is 502 g/mol. The Morgan fingerprint density at radius 2 is 1.80 bits per heavy atom. The van der Waals surface area contributed by atoms with Crippen LogP contribution in [0.5, 0.6) is 0 Å². The van der Waals surface area contributed by atoms with Gasteiger partial charge in [-0.05, 0) is 43.7 Å². The molecule has 188 valence electrons. The number of piperazine rings is 1. The first-order valence-electron chi connectivity index (χ1n) is 11.8. The fraction of sp³-hybridized carbons (Fsp3) is 0.440. The van der Waals surface area contributed by atoms with Gasteiger partial charge in [-0.1, -0.05) is 24.3 Å². The molecule has 2 heterocycles. The molecular formula is C25H31FN4O4S. The van der Waals surface area contributed by atoms with Crippen LogP contribution in [0.3, 0.4) is 0 Å². The van der Waals surface area contributed by atoms with Crippen LogP contribution in [-0.2, 0) is 19.4 Å². The molecule has 0 bridgehead atoms. The first-order chi connectivity index (χ1) is 16.6. The fourth-order valence-corrected chi connectivity index (χ4v) is 5.51. The van der Waals surface area contributed by atoms with Crippen LogP contribution in [0.25, 0.3) is 11.1 Å². The Hall–Kier alpha value is -2.82. The minimum Gasteiger partial charge on any atom is -0.339 e. The highest BCUT2D eigenvalue weighted by Gasteiger charge is 2.32. The lowest BCUT2D eigenvalue weighted by Crippen LogP contribution is -2.55. The van der Waals surface area contributed by atoms with Crippen LogP contribution in [0.2, 0.25) is 0 Å². The summed E-state index contributed by atoms with van der Waals surface area (Å²) < 4.78 is 39.5. The van der Waals surface area contributed by atoms with Gasteiger partial charge in [0.05, 0.1) is 23.2 Å². The van der Waals surface area contributed by atoms with Crippen LogP contribution < -0.4 is 10.2 Å². The van der Waals surface area contributed by atoms with E-state index >= 15 is 4.39 Å². The van der Waals surface area contributed by atoms with Crippen molar-refractivity contribution in [2.75, 3.05) is 57.5 Å². The Labute approximate surface area is 205 Å². The maximum absolute atomic E-state index is 15.2. The summed E-state index contributed by atoms with van der Waals surface area (Å²) in [6, 6.07) is 10.3. The number of sulfone groups is 1. The number of benzene rings is 2. The van der Waals surface area contributed by atoms with E-state index in [-0.39, 0.29) is 28.9 Å². The van der Waals surface area contributed by atoms with Gasteiger partial charge < -0.3 is 14.7 Å². The van der Waals surface area contributed by atoms with Crippen molar-refractivity contribution in [2.45, 2.75) is 23.8 Å². The molecule has 0 aliphatic carbocycles. The number of carbonyl (C=O) groups excluding carboxylic acids is 2. The van der Waals surface area contributed by atoms with Crippen LogP contribution in [-0.4, -0.2) is 88.6 Å². The summed E-state index contributed by atoms with van der Waals surface area (Å²) in [6.45, 7) is 3.43. The smallest absolute Gasteiger partial charge is 0.244 e. The maximum Gasteiger partial charge on any atom is 0.244 e. The molecule has 2 aromatic rings. The molecule has 8 nitrogen and oxygen atoms in total. The van der Waals surface area contributed by atoms with Crippen LogP contribution in [0.1, 0.15) is 12.8 Å². The van der Waals surface area contributed by atoms with Crippen molar-refractivity contribution in [1.29, 1.82) is 0 Å².